The lowest BCUT2D eigenvalue weighted by Gasteiger charge is -2.20. The summed E-state index contributed by atoms with van der Waals surface area (Å²) in [6, 6.07) is -0.722. The minimum Gasteiger partial charge on any atom is -0.316 e. The van der Waals surface area contributed by atoms with Gasteiger partial charge in [0.05, 0.1) is 5.56 Å². The van der Waals surface area contributed by atoms with Crippen LogP contribution in [0.2, 0.25) is 5.02 Å². The molecule has 0 radical (unpaired) electrons. The average molecular weight is 278 g/mol. The van der Waals surface area contributed by atoms with E-state index in [1.807, 2.05) is 0 Å². The molecule has 1 unspecified atom stereocenters. The zero-order chi connectivity index (χ0) is 13.4. The van der Waals surface area contributed by atoms with Crippen LogP contribution in [-0.4, -0.2) is 6.18 Å². The summed E-state index contributed by atoms with van der Waals surface area (Å²) in [5, 5.41) is -0.310. The summed E-state index contributed by atoms with van der Waals surface area (Å²) in [5.41, 5.74) is 2.23. The Morgan fingerprint density at radius 2 is 1.59 bits per heavy atom. The van der Waals surface area contributed by atoms with Crippen LogP contribution in [0.15, 0.2) is 18.2 Å². The maximum Gasteiger partial charge on any atom is 0.416 e. The lowest BCUT2D eigenvalue weighted by atomic mass is 10.00. The van der Waals surface area contributed by atoms with Crippen LogP contribution in [0.25, 0.3) is 0 Å². The molecule has 0 heterocycles. The number of rotatable bonds is 1. The van der Waals surface area contributed by atoms with Crippen LogP contribution >= 0.6 is 11.6 Å². The Hall–Kier alpha value is -0.950. The van der Waals surface area contributed by atoms with E-state index >= 15 is 0 Å². The molecule has 8 heteroatoms. The fraction of sp³-hybridized carbons (Fsp3) is 0.333. The second kappa shape index (κ2) is 4.38. The molecule has 0 aliphatic heterocycles. The van der Waals surface area contributed by atoms with Crippen molar-refractivity contribution in [3.63, 3.8) is 0 Å². The van der Waals surface area contributed by atoms with Crippen LogP contribution in [0.3, 0.4) is 0 Å². The maximum absolute atomic E-state index is 12.5. The van der Waals surface area contributed by atoms with Gasteiger partial charge in [0.25, 0.3) is 0 Å². The van der Waals surface area contributed by atoms with Gasteiger partial charge < -0.3 is 5.73 Å². The third kappa shape index (κ3) is 3.26. The number of hydrogen-bond donors (Lipinski definition) is 1. The fourth-order valence-corrected chi connectivity index (χ4v) is 1.39. The zero-order valence-corrected chi connectivity index (χ0v) is 8.79. The first-order valence-electron chi connectivity index (χ1n) is 4.22. The lowest BCUT2D eigenvalue weighted by molar-refractivity contribution is -0.155. The molecule has 2 N–H and O–H groups in total. The van der Waals surface area contributed by atoms with E-state index in [0.717, 1.165) is 6.07 Å². The van der Waals surface area contributed by atoms with Crippen LogP contribution < -0.4 is 5.73 Å². The van der Waals surface area contributed by atoms with Gasteiger partial charge in [0.2, 0.25) is 0 Å². The molecule has 0 bridgehead atoms. The molecule has 0 spiro atoms. The van der Waals surface area contributed by atoms with Crippen LogP contribution in [0.5, 0.6) is 0 Å². The molecule has 1 atom stereocenters. The van der Waals surface area contributed by atoms with E-state index in [0.29, 0.717) is 12.1 Å². The second-order valence-corrected chi connectivity index (χ2v) is 3.69. The largest absolute Gasteiger partial charge is 0.416 e. The summed E-state index contributed by atoms with van der Waals surface area (Å²) >= 11 is 5.32. The molecular weight excluding hydrogens is 272 g/mol. The van der Waals surface area contributed by atoms with E-state index in [1.165, 1.54) is 0 Å². The molecular formula is C9H6ClF6N. The predicted molar refractivity (Wildman–Crippen MR) is 49.4 cm³/mol. The minimum absolute atomic E-state index is 0.310. The second-order valence-electron chi connectivity index (χ2n) is 3.25. The molecule has 1 aromatic carbocycles. The molecule has 0 fully saturated rings. The number of halogens is 7. The fourth-order valence-electron chi connectivity index (χ4n) is 1.22. The van der Waals surface area contributed by atoms with Crippen molar-refractivity contribution in [1.29, 1.82) is 0 Å². The first-order valence-corrected chi connectivity index (χ1v) is 4.60. The number of hydrogen-bond acceptors (Lipinski definition) is 1. The summed E-state index contributed by atoms with van der Waals surface area (Å²) in [4.78, 5) is 0. The summed E-state index contributed by atoms with van der Waals surface area (Å²) in [6.45, 7) is 0. The monoisotopic (exact) mass is 277 g/mol. The summed E-state index contributed by atoms with van der Waals surface area (Å²) in [7, 11) is 0. The van der Waals surface area contributed by atoms with Crippen molar-refractivity contribution in [1.82, 2.24) is 0 Å². The molecule has 1 nitrogen and oxygen atoms in total. The Labute approximate surface area is 97.2 Å². The van der Waals surface area contributed by atoms with Crippen LogP contribution in [0.1, 0.15) is 17.2 Å². The zero-order valence-electron chi connectivity index (χ0n) is 8.03. The normalized spacial score (nSPS) is 14.8. The third-order valence-electron chi connectivity index (χ3n) is 2.01. The van der Waals surface area contributed by atoms with Gasteiger partial charge in [0.1, 0.15) is 6.04 Å². The van der Waals surface area contributed by atoms with Crippen molar-refractivity contribution in [3.05, 3.63) is 34.3 Å². The average Bonchev–Trinajstić information content (AvgIpc) is 2.14. The summed E-state index contributed by atoms with van der Waals surface area (Å²) < 4.78 is 74.3. The maximum atomic E-state index is 12.5. The highest BCUT2D eigenvalue weighted by Gasteiger charge is 2.43. The lowest BCUT2D eigenvalue weighted by Crippen LogP contribution is -2.30. The van der Waals surface area contributed by atoms with Crippen LogP contribution in [0.4, 0.5) is 26.3 Å². The third-order valence-corrected chi connectivity index (χ3v) is 2.24. The van der Waals surface area contributed by atoms with Gasteiger partial charge in [0, 0.05) is 5.02 Å². The van der Waals surface area contributed by atoms with Gasteiger partial charge in [-0.25, -0.2) is 0 Å². The molecule has 0 saturated carbocycles. The van der Waals surface area contributed by atoms with E-state index in [-0.39, 0.29) is 5.02 Å². The molecule has 1 aromatic rings. The van der Waals surface area contributed by atoms with E-state index in [2.05, 4.69) is 0 Å². The van der Waals surface area contributed by atoms with Gasteiger partial charge in [-0.2, -0.15) is 26.3 Å². The number of nitrogens with two attached hydrogens (primary N) is 1. The molecule has 0 saturated heterocycles. The molecule has 0 amide bonds. The predicted octanol–water partition coefficient (Wildman–Crippen LogP) is 3.92. The Kier molecular flexibility index (Phi) is 3.63. The van der Waals surface area contributed by atoms with E-state index < -0.39 is 29.5 Å². The van der Waals surface area contributed by atoms with Crippen molar-refractivity contribution in [2.75, 3.05) is 0 Å². The molecule has 0 aliphatic carbocycles. The highest BCUT2D eigenvalue weighted by molar-refractivity contribution is 6.30. The van der Waals surface area contributed by atoms with Crippen molar-refractivity contribution >= 4 is 11.6 Å². The van der Waals surface area contributed by atoms with Gasteiger partial charge in [-0.1, -0.05) is 17.7 Å². The van der Waals surface area contributed by atoms with Crippen molar-refractivity contribution < 1.29 is 26.3 Å². The van der Waals surface area contributed by atoms with Crippen molar-refractivity contribution in [2.24, 2.45) is 5.73 Å². The van der Waals surface area contributed by atoms with Gasteiger partial charge in [-0.05, 0) is 17.7 Å². The van der Waals surface area contributed by atoms with E-state index in [1.54, 1.807) is 0 Å². The SMILES string of the molecule is NC(c1ccc(Cl)cc1C(F)(F)F)C(F)(F)F. The smallest absolute Gasteiger partial charge is 0.316 e. The topological polar surface area (TPSA) is 26.0 Å². The minimum atomic E-state index is -4.95. The van der Waals surface area contributed by atoms with Gasteiger partial charge >= 0.3 is 12.4 Å². The summed E-state index contributed by atoms with van der Waals surface area (Å²) in [6.07, 6.45) is -9.89. The van der Waals surface area contributed by atoms with Crippen LogP contribution in [-0.2, 0) is 6.18 Å². The van der Waals surface area contributed by atoms with Gasteiger partial charge in [-0.15, -0.1) is 0 Å². The molecule has 96 valence electrons. The van der Waals surface area contributed by atoms with Gasteiger partial charge in [0.15, 0.2) is 0 Å². The molecule has 0 aliphatic rings. The molecule has 1 rings (SSSR count). The highest BCUT2D eigenvalue weighted by Crippen LogP contribution is 2.40. The van der Waals surface area contributed by atoms with Crippen molar-refractivity contribution in [2.45, 2.75) is 18.4 Å². The first-order chi connectivity index (χ1) is 7.53. The Morgan fingerprint density at radius 3 is 2.00 bits per heavy atom. The first kappa shape index (κ1) is 14.1. The Balaban J connectivity index is 3.34. The highest BCUT2D eigenvalue weighted by atomic mass is 35.5. The van der Waals surface area contributed by atoms with E-state index in [9.17, 15) is 26.3 Å². The van der Waals surface area contributed by atoms with Gasteiger partial charge in [-0.3, -0.25) is 0 Å². The van der Waals surface area contributed by atoms with Crippen LogP contribution in [0, 0.1) is 0 Å². The molecule has 0 aromatic heterocycles. The Morgan fingerprint density at radius 1 is 1.06 bits per heavy atom. The standard InChI is InChI=1S/C9H6ClF6N/c10-4-1-2-5(7(17)9(14,15)16)6(3-4)8(11,12)13/h1-3,7H,17H2. The van der Waals surface area contributed by atoms with Crippen molar-refractivity contribution in [3.8, 4) is 0 Å². The number of benzene rings is 1. The number of alkyl halides is 6. The van der Waals surface area contributed by atoms with E-state index in [4.69, 9.17) is 17.3 Å². The quantitative estimate of drug-likeness (QED) is 0.774. The summed E-state index contributed by atoms with van der Waals surface area (Å²) in [5.74, 6) is 0. The molecule has 17 heavy (non-hydrogen) atoms. The Bertz CT molecular complexity index is 411.